The van der Waals surface area contributed by atoms with Gasteiger partial charge in [-0.25, -0.2) is 16.0 Å². The zero-order valence-corrected chi connectivity index (χ0v) is 12.6. The molecule has 0 N–H and O–H groups in total. The number of amides is 1. The Balaban J connectivity index is 1.95. The number of hydrogen-bond donors (Lipinski definition) is 0. The molecule has 0 radical (unpaired) electrons. The van der Waals surface area contributed by atoms with Gasteiger partial charge in [-0.1, -0.05) is 0 Å². The maximum absolute atomic E-state index is 13.5. The van der Waals surface area contributed by atoms with Gasteiger partial charge in [-0.2, -0.15) is 0 Å². The fourth-order valence-electron chi connectivity index (χ4n) is 3.46. The monoisotopic (exact) mass is 302 g/mol. The molecule has 1 amide bonds. The number of carbonyl (C=O) groups is 1. The lowest BCUT2D eigenvalue weighted by atomic mass is 9.84. The molecule has 0 bridgehead atoms. The molecule has 0 spiro atoms. The Morgan fingerprint density at radius 2 is 2.32 bits per heavy atom. The van der Waals surface area contributed by atoms with Crippen LogP contribution in [-0.2, 0) is 4.79 Å². The fourth-order valence-corrected chi connectivity index (χ4v) is 3.46. The van der Waals surface area contributed by atoms with Crippen LogP contribution in [0, 0.1) is 17.8 Å². The van der Waals surface area contributed by atoms with Crippen molar-refractivity contribution >= 4 is 5.91 Å². The summed E-state index contributed by atoms with van der Waals surface area (Å²) in [4.78, 5) is 20.4. The van der Waals surface area contributed by atoms with Gasteiger partial charge in [0.15, 0.2) is 0 Å². The highest BCUT2D eigenvalue weighted by Gasteiger charge is 2.48. The van der Waals surface area contributed by atoms with Crippen molar-refractivity contribution < 1.29 is 9.18 Å². The van der Waals surface area contributed by atoms with Crippen LogP contribution < -0.4 is 0 Å². The molecular formula is C16H19FN4O. The van der Waals surface area contributed by atoms with Gasteiger partial charge in [-0.3, -0.25) is 14.8 Å². The quantitative estimate of drug-likeness (QED) is 0.788. The third-order valence-electron chi connectivity index (χ3n) is 4.67. The summed E-state index contributed by atoms with van der Waals surface area (Å²) in [7, 11) is 0. The van der Waals surface area contributed by atoms with E-state index in [9.17, 15) is 9.18 Å². The van der Waals surface area contributed by atoms with E-state index < -0.39 is 5.41 Å². The molecule has 2 unspecified atom stereocenters. The number of fused-ring (bicyclic) bond motifs is 1. The van der Waals surface area contributed by atoms with Gasteiger partial charge >= 0.3 is 0 Å². The average molecular weight is 302 g/mol. The second-order valence-electron chi connectivity index (χ2n) is 6.32. The zero-order chi connectivity index (χ0) is 15.7. The Morgan fingerprint density at radius 1 is 1.50 bits per heavy atom. The van der Waals surface area contributed by atoms with E-state index in [1.54, 1.807) is 11.2 Å². The summed E-state index contributed by atoms with van der Waals surface area (Å²) in [5.74, 6) is -0.407. The highest BCUT2D eigenvalue weighted by Crippen LogP contribution is 2.40. The third kappa shape index (κ3) is 2.46. The molecular weight excluding hydrogens is 283 g/mol. The lowest BCUT2D eigenvalue weighted by Crippen LogP contribution is -2.47. The molecule has 1 aromatic heterocycles. The van der Waals surface area contributed by atoms with E-state index in [1.807, 2.05) is 11.9 Å². The number of pyridine rings is 1. The summed E-state index contributed by atoms with van der Waals surface area (Å²) >= 11 is 0. The Kier molecular flexibility index (Phi) is 3.83. The van der Waals surface area contributed by atoms with Crippen LogP contribution in [0.3, 0.4) is 0 Å². The van der Waals surface area contributed by atoms with Crippen LogP contribution >= 0.6 is 0 Å². The lowest BCUT2D eigenvalue weighted by Gasteiger charge is -2.34. The smallest absolute Gasteiger partial charge is 0.250 e. The second-order valence-corrected chi connectivity index (χ2v) is 6.32. The molecule has 2 aliphatic rings. The van der Waals surface area contributed by atoms with Crippen LogP contribution in [0.5, 0.6) is 0 Å². The van der Waals surface area contributed by atoms with Gasteiger partial charge in [0, 0.05) is 19.3 Å². The minimum Gasteiger partial charge on any atom is -0.316 e. The Bertz CT molecular complexity index is 629. The van der Waals surface area contributed by atoms with Crippen molar-refractivity contribution in [3.05, 3.63) is 41.3 Å². The van der Waals surface area contributed by atoms with Crippen molar-refractivity contribution in [3.63, 3.8) is 0 Å². The zero-order valence-electron chi connectivity index (χ0n) is 12.6. The maximum Gasteiger partial charge on any atom is 0.250 e. The third-order valence-corrected chi connectivity index (χ3v) is 4.67. The van der Waals surface area contributed by atoms with Crippen LogP contribution in [0.25, 0.3) is 4.85 Å². The number of carbonyl (C=O) groups excluding carboxylic acids is 1. The minimum atomic E-state index is -0.653. The van der Waals surface area contributed by atoms with Gasteiger partial charge in [0.2, 0.25) is 6.54 Å². The SMILES string of the molecule is [C-]#[N+]CC1(C)CCCN2CCC(c3cncc(F)c3)N2C1=O. The first-order valence-corrected chi connectivity index (χ1v) is 7.57. The van der Waals surface area contributed by atoms with Crippen LogP contribution in [-0.4, -0.2) is 40.5 Å². The van der Waals surface area contributed by atoms with Crippen molar-refractivity contribution in [2.24, 2.45) is 5.41 Å². The minimum absolute atomic E-state index is 0.0206. The number of aromatic nitrogens is 1. The van der Waals surface area contributed by atoms with E-state index in [1.165, 1.54) is 12.3 Å². The molecule has 1 aromatic rings. The summed E-state index contributed by atoms with van der Waals surface area (Å²) in [6.07, 6.45) is 5.17. The summed E-state index contributed by atoms with van der Waals surface area (Å²) in [5, 5.41) is 3.81. The summed E-state index contributed by atoms with van der Waals surface area (Å²) in [6.45, 7) is 10.8. The molecule has 2 atom stereocenters. The van der Waals surface area contributed by atoms with E-state index in [0.29, 0.717) is 0 Å². The second kappa shape index (κ2) is 5.65. The van der Waals surface area contributed by atoms with E-state index in [4.69, 9.17) is 6.57 Å². The fraction of sp³-hybridized carbons (Fsp3) is 0.562. The standard InChI is InChI=1S/C16H19FN4O/c1-16(11-18-2)5-3-6-20-7-4-14(21(20)15(16)22)12-8-13(17)10-19-9-12/h8-10,14H,3-7,11H2,1H3. The van der Waals surface area contributed by atoms with Crippen molar-refractivity contribution in [1.29, 1.82) is 0 Å². The van der Waals surface area contributed by atoms with Gasteiger partial charge in [0.1, 0.15) is 11.2 Å². The highest BCUT2D eigenvalue weighted by atomic mass is 19.1. The van der Waals surface area contributed by atoms with Crippen molar-refractivity contribution in [2.75, 3.05) is 19.6 Å². The molecule has 3 heterocycles. The summed E-state index contributed by atoms with van der Waals surface area (Å²) < 4.78 is 13.5. The van der Waals surface area contributed by atoms with Gasteiger partial charge in [-0.15, -0.1) is 0 Å². The molecule has 116 valence electrons. The van der Waals surface area contributed by atoms with Crippen molar-refractivity contribution in [1.82, 2.24) is 15.0 Å². The molecule has 0 aromatic carbocycles. The van der Waals surface area contributed by atoms with Gasteiger partial charge in [0.05, 0.1) is 12.2 Å². The predicted octanol–water partition coefficient (Wildman–Crippen LogP) is 2.43. The van der Waals surface area contributed by atoms with Crippen molar-refractivity contribution in [3.8, 4) is 0 Å². The van der Waals surface area contributed by atoms with Gasteiger partial charge < -0.3 is 4.85 Å². The van der Waals surface area contributed by atoms with Crippen LogP contribution in [0.1, 0.15) is 37.8 Å². The van der Waals surface area contributed by atoms with Crippen LogP contribution in [0.2, 0.25) is 0 Å². The number of halogens is 1. The van der Waals surface area contributed by atoms with E-state index in [2.05, 4.69) is 9.83 Å². The first kappa shape index (κ1) is 14.9. The molecule has 5 nitrogen and oxygen atoms in total. The molecule has 3 rings (SSSR count). The molecule has 0 saturated carbocycles. The topological polar surface area (TPSA) is 40.8 Å². The summed E-state index contributed by atoms with van der Waals surface area (Å²) in [5.41, 5.74) is 0.0720. The molecule has 0 aliphatic carbocycles. The largest absolute Gasteiger partial charge is 0.316 e. The molecule has 2 aliphatic heterocycles. The van der Waals surface area contributed by atoms with E-state index in [-0.39, 0.29) is 24.3 Å². The molecule has 2 fully saturated rings. The van der Waals surface area contributed by atoms with Crippen LogP contribution in [0.4, 0.5) is 4.39 Å². The number of rotatable bonds is 2. The van der Waals surface area contributed by atoms with E-state index in [0.717, 1.165) is 37.9 Å². The predicted molar refractivity (Wildman–Crippen MR) is 78.8 cm³/mol. The van der Waals surface area contributed by atoms with Crippen molar-refractivity contribution in [2.45, 2.75) is 32.2 Å². The highest BCUT2D eigenvalue weighted by molar-refractivity contribution is 5.83. The Morgan fingerprint density at radius 3 is 3.05 bits per heavy atom. The lowest BCUT2D eigenvalue weighted by molar-refractivity contribution is -0.154. The Labute approximate surface area is 129 Å². The normalized spacial score (nSPS) is 29.0. The Hall–Kier alpha value is -2.00. The molecule has 2 saturated heterocycles. The summed E-state index contributed by atoms with van der Waals surface area (Å²) in [6, 6.07) is 1.27. The average Bonchev–Trinajstić information content (AvgIpc) is 2.85. The molecule has 6 heteroatoms. The molecule has 22 heavy (non-hydrogen) atoms. The van der Waals surface area contributed by atoms with Crippen LogP contribution in [0.15, 0.2) is 18.5 Å². The first-order valence-electron chi connectivity index (χ1n) is 7.57. The number of hydrazine groups is 1. The number of nitrogens with zero attached hydrogens (tertiary/aromatic N) is 4. The first-order chi connectivity index (χ1) is 10.5. The van der Waals surface area contributed by atoms with Gasteiger partial charge in [0.25, 0.3) is 5.91 Å². The maximum atomic E-state index is 13.5. The van der Waals surface area contributed by atoms with Gasteiger partial charge in [-0.05, 0) is 37.8 Å². The number of hydrogen-bond acceptors (Lipinski definition) is 3. The van der Waals surface area contributed by atoms with E-state index >= 15 is 0 Å².